The number of nitrogens with two attached hydrogens (primary N) is 1. The van der Waals surface area contributed by atoms with Crippen LogP contribution in [0, 0.1) is 0 Å². The number of nitrogens with zero attached hydrogens (tertiary/aromatic N) is 3. The smallest absolute Gasteiger partial charge is 0.215 e. The van der Waals surface area contributed by atoms with Gasteiger partial charge in [0.1, 0.15) is 0 Å². The van der Waals surface area contributed by atoms with E-state index < -0.39 is 10.0 Å². The van der Waals surface area contributed by atoms with Crippen LogP contribution in [0.5, 0.6) is 0 Å². The van der Waals surface area contributed by atoms with Crippen LogP contribution in [0.4, 0.5) is 0 Å². The third-order valence-electron chi connectivity index (χ3n) is 3.06. The molecule has 0 unspecified atom stereocenters. The van der Waals surface area contributed by atoms with Crippen molar-refractivity contribution < 1.29 is 13.2 Å². The normalized spacial score (nSPS) is 18.1. The Morgan fingerprint density at radius 1 is 1.32 bits per heavy atom. The van der Waals surface area contributed by atoms with Crippen LogP contribution >= 0.6 is 0 Å². The fourth-order valence-electron chi connectivity index (χ4n) is 1.91. The third-order valence-corrected chi connectivity index (χ3v) is 5.06. The molecule has 0 saturated carbocycles. The molecule has 8 heteroatoms. The van der Waals surface area contributed by atoms with Gasteiger partial charge in [-0.05, 0) is 0 Å². The first-order valence-corrected chi connectivity index (χ1v) is 8.22. The summed E-state index contributed by atoms with van der Waals surface area (Å²) < 4.78 is 30.5. The Labute approximate surface area is 115 Å². The number of rotatable bonds is 6. The molecule has 2 N–H and O–H groups in total. The summed E-state index contributed by atoms with van der Waals surface area (Å²) in [6, 6.07) is 0. The molecule has 1 saturated heterocycles. The van der Waals surface area contributed by atoms with E-state index in [2.05, 4.69) is 4.99 Å². The highest BCUT2D eigenvalue weighted by Crippen LogP contribution is 2.01. The van der Waals surface area contributed by atoms with E-state index in [1.807, 2.05) is 18.7 Å². The number of sulfonamides is 1. The molecule has 7 nitrogen and oxygen atoms in total. The Kier molecular flexibility index (Phi) is 6.53. The fraction of sp³-hybridized carbons (Fsp3) is 0.909. The van der Waals surface area contributed by atoms with Crippen molar-refractivity contribution >= 4 is 16.0 Å². The van der Waals surface area contributed by atoms with E-state index in [-0.39, 0.29) is 12.3 Å². The van der Waals surface area contributed by atoms with E-state index in [0.29, 0.717) is 45.4 Å². The van der Waals surface area contributed by atoms with Crippen molar-refractivity contribution in [3.63, 3.8) is 0 Å². The molecule has 19 heavy (non-hydrogen) atoms. The van der Waals surface area contributed by atoms with Crippen molar-refractivity contribution in [2.75, 3.05) is 51.7 Å². The molecule has 1 fully saturated rings. The number of hydrogen-bond acceptors (Lipinski definition) is 4. The Morgan fingerprint density at radius 2 is 1.89 bits per heavy atom. The summed E-state index contributed by atoms with van der Waals surface area (Å²) in [5.41, 5.74) is 5.83. The molecule has 0 aromatic carbocycles. The first-order chi connectivity index (χ1) is 9.01. The number of aliphatic imine (C=N–C) groups is 1. The lowest BCUT2D eigenvalue weighted by molar-refractivity contribution is 0.0674. The van der Waals surface area contributed by atoms with Gasteiger partial charge in [0.25, 0.3) is 0 Å². The lowest BCUT2D eigenvalue weighted by atomic mass is 10.4. The minimum absolute atomic E-state index is 0.000278. The monoisotopic (exact) mass is 292 g/mol. The Morgan fingerprint density at radius 3 is 2.42 bits per heavy atom. The topological polar surface area (TPSA) is 88.2 Å². The SMILES string of the molecule is CCN(CC)S(=O)(=O)CCN=C(N)N1CCOCC1. The number of hydrogen-bond donors (Lipinski definition) is 1. The zero-order chi connectivity index (χ0) is 14.3. The molecule has 1 aliphatic rings. The van der Waals surface area contributed by atoms with E-state index in [4.69, 9.17) is 10.5 Å². The molecule has 1 aliphatic heterocycles. The summed E-state index contributed by atoms with van der Waals surface area (Å²) >= 11 is 0. The van der Waals surface area contributed by atoms with Crippen LogP contribution in [0.2, 0.25) is 0 Å². The van der Waals surface area contributed by atoms with Crippen molar-refractivity contribution in [1.82, 2.24) is 9.21 Å². The Balaban J connectivity index is 2.47. The van der Waals surface area contributed by atoms with Gasteiger partial charge in [-0.2, -0.15) is 0 Å². The lowest BCUT2D eigenvalue weighted by Gasteiger charge is -2.27. The van der Waals surface area contributed by atoms with E-state index in [1.165, 1.54) is 4.31 Å². The lowest BCUT2D eigenvalue weighted by Crippen LogP contribution is -2.45. The second-order valence-corrected chi connectivity index (χ2v) is 6.33. The van der Waals surface area contributed by atoms with Gasteiger partial charge in [0.2, 0.25) is 10.0 Å². The van der Waals surface area contributed by atoms with Crippen molar-refractivity contribution in [3.05, 3.63) is 0 Å². The predicted octanol–water partition coefficient (Wildman–Crippen LogP) is -0.695. The molecular formula is C11H24N4O3S. The van der Waals surface area contributed by atoms with Crippen molar-refractivity contribution in [1.29, 1.82) is 0 Å². The molecular weight excluding hydrogens is 268 g/mol. The Bertz CT molecular complexity index is 387. The molecule has 0 bridgehead atoms. The van der Waals surface area contributed by atoms with Crippen molar-refractivity contribution in [2.45, 2.75) is 13.8 Å². The summed E-state index contributed by atoms with van der Waals surface area (Å²) in [7, 11) is -3.22. The number of guanidine groups is 1. The fourth-order valence-corrected chi connectivity index (χ4v) is 3.28. The highest BCUT2D eigenvalue weighted by molar-refractivity contribution is 7.89. The minimum atomic E-state index is -3.22. The van der Waals surface area contributed by atoms with Gasteiger partial charge in [-0.15, -0.1) is 0 Å². The molecule has 0 atom stereocenters. The highest BCUT2D eigenvalue weighted by atomic mass is 32.2. The molecule has 0 aromatic heterocycles. The maximum atomic E-state index is 11.9. The molecule has 1 rings (SSSR count). The quantitative estimate of drug-likeness (QED) is 0.517. The molecule has 0 spiro atoms. The third kappa shape index (κ3) is 4.96. The van der Waals surface area contributed by atoms with Gasteiger partial charge in [-0.1, -0.05) is 13.8 Å². The molecule has 0 aliphatic carbocycles. The van der Waals surface area contributed by atoms with Gasteiger partial charge in [-0.25, -0.2) is 12.7 Å². The van der Waals surface area contributed by atoms with Crippen LogP contribution in [-0.4, -0.2) is 75.3 Å². The summed E-state index contributed by atoms with van der Waals surface area (Å²) in [5, 5.41) is 0. The minimum Gasteiger partial charge on any atom is -0.378 e. The number of ether oxygens (including phenoxy) is 1. The van der Waals surface area contributed by atoms with Crippen LogP contribution in [0.25, 0.3) is 0 Å². The zero-order valence-corrected chi connectivity index (χ0v) is 12.5. The molecule has 0 aromatic rings. The van der Waals surface area contributed by atoms with Crippen molar-refractivity contribution in [3.8, 4) is 0 Å². The van der Waals surface area contributed by atoms with E-state index in [9.17, 15) is 8.42 Å². The number of morpholine rings is 1. The van der Waals surface area contributed by atoms with E-state index in [0.717, 1.165) is 0 Å². The van der Waals surface area contributed by atoms with Crippen LogP contribution in [0.1, 0.15) is 13.8 Å². The average molecular weight is 292 g/mol. The summed E-state index contributed by atoms with van der Waals surface area (Å²) in [4.78, 5) is 6.05. The highest BCUT2D eigenvalue weighted by Gasteiger charge is 2.18. The average Bonchev–Trinajstić information content (AvgIpc) is 2.40. The molecule has 112 valence electrons. The van der Waals surface area contributed by atoms with Crippen LogP contribution < -0.4 is 5.73 Å². The van der Waals surface area contributed by atoms with Gasteiger partial charge in [0.15, 0.2) is 5.96 Å². The maximum absolute atomic E-state index is 11.9. The standard InChI is InChI=1S/C11H24N4O3S/c1-3-15(4-2)19(16,17)10-5-13-11(12)14-6-8-18-9-7-14/h3-10H2,1-2H3,(H2,12,13). The van der Waals surface area contributed by atoms with Gasteiger partial charge in [0, 0.05) is 26.2 Å². The van der Waals surface area contributed by atoms with Gasteiger partial charge < -0.3 is 15.4 Å². The largest absolute Gasteiger partial charge is 0.378 e. The summed E-state index contributed by atoms with van der Waals surface area (Å²) in [6.07, 6.45) is 0. The van der Waals surface area contributed by atoms with Gasteiger partial charge in [0.05, 0.1) is 25.5 Å². The van der Waals surface area contributed by atoms with E-state index >= 15 is 0 Å². The van der Waals surface area contributed by atoms with Crippen LogP contribution in [-0.2, 0) is 14.8 Å². The second-order valence-electron chi connectivity index (χ2n) is 4.24. The first-order valence-electron chi connectivity index (χ1n) is 6.61. The second kappa shape index (κ2) is 7.66. The molecule has 0 radical (unpaired) electrons. The van der Waals surface area contributed by atoms with Crippen molar-refractivity contribution in [2.24, 2.45) is 10.7 Å². The summed E-state index contributed by atoms with van der Waals surface area (Å²) in [6.45, 7) is 7.50. The first kappa shape index (κ1) is 16.2. The Hall–Kier alpha value is -0.860. The van der Waals surface area contributed by atoms with Gasteiger partial charge >= 0.3 is 0 Å². The molecule has 0 amide bonds. The zero-order valence-electron chi connectivity index (χ0n) is 11.7. The summed E-state index contributed by atoms with van der Waals surface area (Å²) in [5.74, 6) is 0.401. The van der Waals surface area contributed by atoms with E-state index in [1.54, 1.807) is 0 Å². The van der Waals surface area contributed by atoms with Crippen LogP contribution in [0.15, 0.2) is 4.99 Å². The van der Waals surface area contributed by atoms with Gasteiger partial charge in [-0.3, -0.25) is 4.99 Å². The predicted molar refractivity (Wildman–Crippen MR) is 75.6 cm³/mol. The van der Waals surface area contributed by atoms with Crippen LogP contribution in [0.3, 0.4) is 0 Å². The maximum Gasteiger partial charge on any atom is 0.215 e. The molecule has 1 heterocycles.